The van der Waals surface area contributed by atoms with Gasteiger partial charge in [0.05, 0.1) is 11.1 Å². The van der Waals surface area contributed by atoms with Crippen molar-refractivity contribution in [1.29, 1.82) is 0 Å². The molecular weight excluding hydrogens is 401 g/mol. The third-order valence-corrected chi connectivity index (χ3v) is 2.66. The molecule has 0 unspecified atom stereocenters. The molecule has 0 atom stereocenters. The lowest BCUT2D eigenvalue weighted by Crippen LogP contribution is -2.20. The van der Waals surface area contributed by atoms with Gasteiger partial charge in [-0.25, -0.2) is 4.98 Å². The molecular formula is C7HF6IN2O3. The third-order valence-electron chi connectivity index (χ3n) is 1.64. The van der Waals surface area contributed by atoms with Crippen LogP contribution in [-0.4, -0.2) is 16.3 Å². The number of pyridine rings is 1. The van der Waals surface area contributed by atoms with Gasteiger partial charge in [0.15, 0.2) is 5.69 Å². The summed E-state index contributed by atoms with van der Waals surface area (Å²) >= 11 is 0.887. The van der Waals surface area contributed by atoms with Gasteiger partial charge in [-0.1, -0.05) is 0 Å². The molecule has 0 radical (unpaired) electrons. The van der Waals surface area contributed by atoms with Crippen LogP contribution in [0.4, 0.5) is 32.0 Å². The van der Waals surface area contributed by atoms with E-state index in [1.807, 2.05) is 0 Å². The molecule has 0 saturated heterocycles. The molecule has 0 saturated carbocycles. The number of halogens is 7. The van der Waals surface area contributed by atoms with Crippen molar-refractivity contribution in [3.8, 4) is 5.75 Å². The second kappa shape index (κ2) is 4.97. The largest absolute Gasteiger partial charge is 0.573 e. The van der Waals surface area contributed by atoms with E-state index in [9.17, 15) is 36.5 Å². The summed E-state index contributed by atoms with van der Waals surface area (Å²) in [5, 5.41) is 10.6. The van der Waals surface area contributed by atoms with E-state index in [0.717, 1.165) is 22.6 Å². The predicted molar refractivity (Wildman–Crippen MR) is 55.3 cm³/mol. The highest BCUT2D eigenvalue weighted by Gasteiger charge is 2.42. The summed E-state index contributed by atoms with van der Waals surface area (Å²) in [7, 11) is 0. The van der Waals surface area contributed by atoms with Crippen LogP contribution in [0.2, 0.25) is 0 Å². The second-order valence-electron chi connectivity index (χ2n) is 2.94. The standard InChI is InChI=1S/C7HF6IN2O3/c8-6(9,10)5-3(14)4(16(17)18)2(1-15-5)19-7(11,12)13/h1H. The normalized spacial score (nSPS) is 12.4. The minimum Gasteiger partial charge on any atom is -0.397 e. The molecule has 1 rings (SSSR count). The molecule has 0 fully saturated rings. The summed E-state index contributed by atoms with van der Waals surface area (Å²) < 4.78 is 75.3. The summed E-state index contributed by atoms with van der Waals surface area (Å²) in [4.78, 5) is 11.9. The first kappa shape index (κ1) is 15.7. The van der Waals surface area contributed by atoms with Gasteiger partial charge in [0.2, 0.25) is 5.75 Å². The van der Waals surface area contributed by atoms with Crippen LogP contribution in [-0.2, 0) is 6.18 Å². The molecule has 12 heteroatoms. The van der Waals surface area contributed by atoms with Crippen molar-refractivity contribution < 1.29 is 36.0 Å². The van der Waals surface area contributed by atoms with Crippen molar-refractivity contribution >= 4 is 28.3 Å². The smallest absolute Gasteiger partial charge is 0.397 e. The number of rotatable bonds is 2. The Morgan fingerprint density at radius 3 is 2.16 bits per heavy atom. The Kier molecular flexibility index (Phi) is 4.11. The average Bonchev–Trinajstić information content (AvgIpc) is 2.11. The molecule has 0 aromatic carbocycles. The van der Waals surface area contributed by atoms with Crippen molar-refractivity contribution in [1.82, 2.24) is 4.98 Å². The van der Waals surface area contributed by atoms with Crippen molar-refractivity contribution in [3.05, 3.63) is 25.6 Å². The SMILES string of the molecule is O=[N+]([O-])c1c(OC(F)(F)F)cnc(C(F)(F)F)c1I. The van der Waals surface area contributed by atoms with Crippen LogP contribution in [0.15, 0.2) is 6.20 Å². The molecule has 19 heavy (non-hydrogen) atoms. The van der Waals surface area contributed by atoms with Gasteiger partial charge in [-0.3, -0.25) is 10.1 Å². The number of aromatic nitrogens is 1. The Morgan fingerprint density at radius 1 is 1.26 bits per heavy atom. The third kappa shape index (κ3) is 3.81. The Hall–Kier alpha value is -1.34. The fourth-order valence-corrected chi connectivity index (χ4v) is 1.94. The molecule has 0 bridgehead atoms. The molecule has 106 valence electrons. The number of nitro groups is 1. The highest BCUT2D eigenvalue weighted by atomic mass is 127. The molecule has 0 aliphatic rings. The number of hydrogen-bond donors (Lipinski definition) is 0. The highest BCUT2D eigenvalue weighted by molar-refractivity contribution is 14.1. The summed E-state index contributed by atoms with van der Waals surface area (Å²) in [6.45, 7) is 0. The zero-order valence-electron chi connectivity index (χ0n) is 8.34. The Morgan fingerprint density at radius 2 is 1.79 bits per heavy atom. The Labute approximate surface area is 113 Å². The Bertz CT molecular complexity index is 515. The van der Waals surface area contributed by atoms with Gasteiger partial charge in [-0.15, -0.1) is 13.2 Å². The summed E-state index contributed by atoms with van der Waals surface area (Å²) in [5.74, 6) is -1.41. The van der Waals surface area contributed by atoms with E-state index in [2.05, 4.69) is 9.72 Å². The maximum absolute atomic E-state index is 12.4. The van der Waals surface area contributed by atoms with E-state index < -0.39 is 38.2 Å². The fraction of sp³-hybridized carbons (Fsp3) is 0.286. The molecule has 0 aliphatic carbocycles. The Balaban J connectivity index is 3.45. The van der Waals surface area contributed by atoms with E-state index in [4.69, 9.17) is 0 Å². The van der Waals surface area contributed by atoms with Gasteiger partial charge in [-0.2, -0.15) is 13.2 Å². The van der Waals surface area contributed by atoms with Crippen molar-refractivity contribution in [2.24, 2.45) is 0 Å². The van der Waals surface area contributed by atoms with Gasteiger partial charge < -0.3 is 4.74 Å². The van der Waals surface area contributed by atoms with Gasteiger partial charge in [0.25, 0.3) is 0 Å². The van der Waals surface area contributed by atoms with E-state index in [0.29, 0.717) is 0 Å². The molecule has 5 nitrogen and oxygen atoms in total. The van der Waals surface area contributed by atoms with Gasteiger partial charge in [0, 0.05) is 0 Å². The van der Waals surface area contributed by atoms with Crippen LogP contribution < -0.4 is 4.74 Å². The zero-order valence-corrected chi connectivity index (χ0v) is 10.5. The summed E-state index contributed by atoms with van der Waals surface area (Å²) in [6.07, 6.45) is -10.3. The maximum Gasteiger partial charge on any atom is 0.573 e. The quantitative estimate of drug-likeness (QED) is 0.329. The van der Waals surface area contributed by atoms with Crippen LogP contribution >= 0.6 is 22.6 Å². The number of alkyl halides is 6. The first-order chi connectivity index (χ1) is 8.43. The van der Waals surface area contributed by atoms with Crippen LogP contribution in [0.3, 0.4) is 0 Å². The first-order valence-electron chi connectivity index (χ1n) is 4.09. The van der Waals surface area contributed by atoms with E-state index in [1.165, 1.54) is 0 Å². The maximum atomic E-state index is 12.4. The van der Waals surface area contributed by atoms with E-state index in [-0.39, 0.29) is 6.20 Å². The first-order valence-corrected chi connectivity index (χ1v) is 5.17. The van der Waals surface area contributed by atoms with E-state index >= 15 is 0 Å². The van der Waals surface area contributed by atoms with Crippen molar-refractivity contribution in [2.45, 2.75) is 12.5 Å². The molecule has 1 aromatic rings. The fourth-order valence-electron chi connectivity index (χ4n) is 1.03. The molecule has 0 aliphatic heterocycles. The van der Waals surface area contributed by atoms with Crippen molar-refractivity contribution in [3.63, 3.8) is 0 Å². The lowest BCUT2D eigenvalue weighted by molar-refractivity contribution is -0.390. The van der Waals surface area contributed by atoms with Gasteiger partial charge in [0.1, 0.15) is 3.57 Å². The minimum atomic E-state index is -5.28. The zero-order chi connectivity index (χ0) is 15.0. The van der Waals surface area contributed by atoms with Gasteiger partial charge in [-0.05, 0) is 22.6 Å². The highest BCUT2D eigenvalue weighted by Crippen LogP contribution is 2.41. The molecule has 0 N–H and O–H groups in total. The van der Waals surface area contributed by atoms with Crippen LogP contribution in [0.1, 0.15) is 5.69 Å². The number of ether oxygens (including phenoxy) is 1. The predicted octanol–water partition coefficient (Wildman–Crippen LogP) is 3.51. The van der Waals surface area contributed by atoms with Crippen LogP contribution in [0, 0.1) is 13.7 Å². The van der Waals surface area contributed by atoms with E-state index in [1.54, 1.807) is 0 Å². The molecule has 1 heterocycles. The molecule has 0 spiro atoms. The van der Waals surface area contributed by atoms with Crippen molar-refractivity contribution in [2.75, 3.05) is 0 Å². The average molecular weight is 402 g/mol. The number of nitrogens with zero attached hydrogens (tertiary/aromatic N) is 2. The topological polar surface area (TPSA) is 65.3 Å². The lowest BCUT2D eigenvalue weighted by Gasteiger charge is -2.12. The lowest BCUT2D eigenvalue weighted by atomic mass is 10.3. The summed E-state index contributed by atoms with van der Waals surface area (Å²) in [6, 6.07) is 0. The van der Waals surface area contributed by atoms with Crippen LogP contribution in [0.5, 0.6) is 5.75 Å². The monoisotopic (exact) mass is 402 g/mol. The molecule has 0 amide bonds. The second-order valence-corrected chi connectivity index (χ2v) is 4.02. The number of hydrogen-bond acceptors (Lipinski definition) is 4. The van der Waals surface area contributed by atoms with Gasteiger partial charge >= 0.3 is 18.2 Å². The molecule has 1 aromatic heterocycles. The summed E-state index contributed by atoms with van der Waals surface area (Å²) in [5.41, 5.74) is -3.10. The minimum absolute atomic E-state index is 0.0105. The van der Waals surface area contributed by atoms with Crippen LogP contribution in [0.25, 0.3) is 0 Å².